The van der Waals surface area contributed by atoms with E-state index in [9.17, 15) is 18.0 Å². The lowest BCUT2D eigenvalue weighted by atomic mass is 10.1. The standard InChI is InChI=1S/C24H27N3O4S/c1-3-22(28)26-23-20-14-27(15-21(20)23)32(30,31)18-9-10-19(16(2)13-18)24(29)25-12-11-17-7-5-4-6-8-17/h3-10,13,20-21,23H,1,11-12,14-15H2,2H3,(H,25,29)(H,26,28). The minimum Gasteiger partial charge on any atom is -0.352 e. The molecule has 0 spiro atoms. The Morgan fingerprint density at radius 1 is 1.12 bits per heavy atom. The summed E-state index contributed by atoms with van der Waals surface area (Å²) in [4.78, 5) is 24.2. The first-order valence-electron chi connectivity index (χ1n) is 10.7. The molecule has 2 aromatic rings. The van der Waals surface area contributed by atoms with Crippen LogP contribution in [-0.4, -0.2) is 50.2 Å². The van der Waals surface area contributed by atoms with Gasteiger partial charge in [-0.25, -0.2) is 8.42 Å². The predicted octanol–water partition coefficient (Wildman–Crippen LogP) is 1.89. The minimum absolute atomic E-state index is 0.0237. The highest BCUT2D eigenvalue weighted by molar-refractivity contribution is 7.89. The van der Waals surface area contributed by atoms with Gasteiger partial charge in [0.05, 0.1) is 4.90 Å². The van der Waals surface area contributed by atoms with Gasteiger partial charge in [-0.15, -0.1) is 0 Å². The number of piperidine rings is 1. The van der Waals surface area contributed by atoms with Crippen molar-refractivity contribution >= 4 is 21.8 Å². The summed E-state index contributed by atoms with van der Waals surface area (Å²) in [6.07, 6.45) is 1.95. The number of carbonyl (C=O) groups excluding carboxylic acids is 2. The molecule has 1 aliphatic heterocycles. The number of nitrogens with one attached hydrogen (secondary N) is 2. The summed E-state index contributed by atoms with van der Waals surface area (Å²) in [6.45, 7) is 6.46. The largest absolute Gasteiger partial charge is 0.352 e. The molecule has 168 valence electrons. The third-order valence-corrected chi connectivity index (χ3v) is 8.10. The Balaban J connectivity index is 1.36. The van der Waals surface area contributed by atoms with Crippen LogP contribution in [0.4, 0.5) is 0 Å². The molecule has 2 N–H and O–H groups in total. The number of amides is 2. The van der Waals surface area contributed by atoms with E-state index in [4.69, 9.17) is 0 Å². The maximum absolute atomic E-state index is 13.1. The van der Waals surface area contributed by atoms with Crippen LogP contribution in [0, 0.1) is 18.8 Å². The van der Waals surface area contributed by atoms with Crippen LogP contribution < -0.4 is 10.6 Å². The van der Waals surface area contributed by atoms with Crippen LogP contribution >= 0.6 is 0 Å². The molecular formula is C24H27N3O4S. The van der Waals surface area contributed by atoms with Crippen molar-refractivity contribution in [3.8, 4) is 0 Å². The monoisotopic (exact) mass is 453 g/mol. The van der Waals surface area contributed by atoms with E-state index < -0.39 is 10.0 Å². The Labute approximate surface area is 188 Å². The molecule has 4 rings (SSSR count). The summed E-state index contributed by atoms with van der Waals surface area (Å²) in [5.41, 5.74) is 2.22. The van der Waals surface area contributed by atoms with Gasteiger partial charge in [0.15, 0.2) is 0 Å². The van der Waals surface area contributed by atoms with Crippen LogP contribution in [0.1, 0.15) is 21.5 Å². The molecule has 2 fully saturated rings. The van der Waals surface area contributed by atoms with Gasteiger partial charge in [0.1, 0.15) is 0 Å². The Bertz CT molecular complexity index is 1140. The van der Waals surface area contributed by atoms with Crippen LogP contribution in [0.2, 0.25) is 0 Å². The zero-order chi connectivity index (χ0) is 22.9. The Kier molecular flexibility index (Phi) is 6.17. The predicted molar refractivity (Wildman–Crippen MR) is 122 cm³/mol. The molecule has 7 nitrogen and oxygen atoms in total. The average molecular weight is 454 g/mol. The second-order valence-electron chi connectivity index (χ2n) is 8.36. The van der Waals surface area contributed by atoms with E-state index in [1.807, 2.05) is 30.3 Å². The fourth-order valence-electron chi connectivity index (χ4n) is 4.38. The molecule has 32 heavy (non-hydrogen) atoms. The first-order chi connectivity index (χ1) is 15.3. The van der Waals surface area contributed by atoms with Crippen LogP contribution in [0.15, 0.2) is 66.1 Å². The molecule has 0 aromatic heterocycles. The van der Waals surface area contributed by atoms with E-state index in [0.717, 1.165) is 12.0 Å². The van der Waals surface area contributed by atoms with Gasteiger partial charge in [-0.2, -0.15) is 4.31 Å². The van der Waals surface area contributed by atoms with Crippen LogP contribution in [0.3, 0.4) is 0 Å². The molecule has 2 aliphatic rings. The third-order valence-electron chi connectivity index (χ3n) is 6.28. The summed E-state index contributed by atoms with van der Waals surface area (Å²) >= 11 is 0. The molecular weight excluding hydrogens is 426 g/mol. The zero-order valence-corrected chi connectivity index (χ0v) is 18.8. The van der Waals surface area contributed by atoms with Gasteiger partial charge in [-0.05, 0) is 60.6 Å². The molecule has 2 unspecified atom stereocenters. The fourth-order valence-corrected chi connectivity index (χ4v) is 5.98. The van der Waals surface area contributed by atoms with Crippen molar-refractivity contribution in [3.05, 3.63) is 77.9 Å². The molecule has 8 heteroatoms. The summed E-state index contributed by atoms with van der Waals surface area (Å²) in [6, 6.07) is 14.5. The number of hydrogen-bond donors (Lipinski definition) is 2. The number of nitrogens with zero attached hydrogens (tertiary/aromatic N) is 1. The highest BCUT2D eigenvalue weighted by atomic mass is 32.2. The van der Waals surface area contributed by atoms with Gasteiger partial charge in [-0.1, -0.05) is 36.9 Å². The number of fused-ring (bicyclic) bond motifs is 1. The van der Waals surface area contributed by atoms with Crippen LogP contribution in [-0.2, 0) is 21.2 Å². The smallest absolute Gasteiger partial charge is 0.251 e. The second kappa shape index (κ2) is 8.88. The first-order valence-corrected chi connectivity index (χ1v) is 12.1. The fraction of sp³-hybridized carbons (Fsp3) is 0.333. The topological polar surface area (TPSA) is 95.6 Å². The van der Waals surface area contributed by atoms with Crippen molar-refractivity contribution in [2.45, 2.75) is 24.3 Å². The molecule has 1 heterocycles. The van der Waals surface area contributed by atoms with Crippen molar-refractivity contribution in [2.24, 2.45) is 11.8 Å². The number of carbonyl (C=O) groups is 2. The minimum atomic E-state index is -3.65. The molecule has 0 radical (unpaired) electrons. The van der Waals surface area contributed by atoms with E-state index in [1.54, 1.807) is 19.1 Å². The zero-order valence-electron chi connectivity index (χ0n) is 18.0. The number of hydrogen-bond acceptors (Lipinski definition) is 4. The van der Waals surface area contributed by atoms with Crippen LogP contribution in [0.5, 0.6) is 0 Å². The molecule has 2 aromatic carbocycles. The Morgan fingerprint density at radius 3 is 2.44 bits per heavy atom. The lowest BCUT2D eigenvalue weighted by Crippen LogP contribution is -2.37. The van der Waals surface area contributed by atoms with Gasteiger partial charge >= 0.3 is 0 Å². The summed E-state index contributed by atoms with van der Waals surface area (Å²) in [7, 11) is -3.65. The number of benzene rings is 2. The number of sulfonamides is 1. The summed E-state index contributed by atoms with van der Waals surface area (Å²) < 4.78 is 27.6. The Morgan fingerprint density at radius 2 is 1.81 bits per heavy atom. The normalized spacial score (nSPS) is 22.1. The maximum atomic E-state index is 13.1. The lowest BCUT2D eigenvalue weighted by Gasteiger charge is -2.20. The molecule has 1 saturated carbocycles. The first kappa shape index (κ1) is 22.2. The van der Waals surface area contributed by atoms with Crippen molar-refractivity contribution < 1.29 is 18.0 Å². The third kappa shape index (κ3) is 4.47. The van der Waals surface area contributed by atoms with Gasteiger partial charge in [0.25, 0.3) is 5.91 Å². The van der Waals surface area contributed by atoms with Crippen molar-refractivity contribution in [1.82, 2.24) is 14.9 Å². The van der Waals surface area contributed by atoms with E-state index in [0.29, 0.717) is 30.8 Å². The SMILES string of the molecule is C=CC(=O)NC1C2CN(S(=O)(=O)c3ccc(C(=O)NCCc4ccccc4)c(C)c3)CC21. The lowest BCUT2D eigenvalue weighted by molar-refractivity contribution is -0.116. The van der Waals surface area contributed by atoms with Crippen molar-refractivity contribution in [3.63, 3.8) is 0 Å². The highest BCUT2D eigenvalue weighted by Gasteiger charge is 2.58. The van der Waals surface area contributed by atoms with Crippen molar-refractivity contribution in [1.29, 1.82) is 0 Å². The van der Waals surface area contributed by atoms with Gasteiger partial charge in [0, 0.05) is 31.2 Å². The molecule has 0 bridgehead atoms. The average Bonchev–Trinajstić information content (AvgIpc) is 3.20. The highest BCUT2D eigenvalue weighted by Crippen LogP contribution is 2.47. The molecule has 1 saturated heterocycles. The number of aryl methyl sites for hydroxylation is 1. The Hall–Kier alpha value is -2.97. The van der Waals surface area contributed by atoms with E-state index in [2.05, 4.69) is 17.2 Å². The summed E-state index contributed by atoms with van der Waals surface area (Å²) in [5, 5.41) is 5.75. The summed E-state index contributed by atoms with van der Waals surface area (Å²) in [5.74, 6) is -0.161. The van der Waals surface area contributed by atoms with Gasteiger partial charge in [-0.3, -0.25) is 9.59 Å². The second-order valence-corrected chi connectivity index (χ2v) is 10.3. The quantitative estimate of drug-likeness (QED) is 0.597. The van der Waals surface area contributed by atoms with E-state index in [1.165, 1.54) is 16.4 Å². The molecule has 2 amide bonds. The molecule has 1 aliphatic carbocycles. The van der Waals surface area contributed by atoms with Gasteiger partial charge < -0.3 is 10.6 Å². The van der Waals surface area contributed by atoms with Gasteiger partial charge in [0.2, 0.25) is 15.9 Å². The van der Waals surface area contributed by atoms with Crippen molar-refractivity contribution in [2.75, 3.05) is 19.6 Å². The maximum Gasteiger partial charge on any atom is 0.251 e. The van der Waals surface area contributed by atoms with E-state index in [-0.39, 0.29) is 34.6 Å². The van der Waals surface area contributed by atoms with Crippen LogP contribution in [0.25, 0.3) is 0 Å². The number of rotatable bonds is 8. The molecule has 2 atom stereocenters. The van der Waals surface area contributed by atoms with E-state index >= 15 is 0 Å².